The van der Waals surface area contributed by atoms with Crippen LogP contribution in [0.15, 0.2) is 79.0 Å². The predicted octanol–water partition coefficient (Wildman–Crippen LogP) is 4.86. The summed E-state index contributed by atoms with van der Waals surface area (Å²) in [5.74, 6) is 0.779. The minimum absolute atomic E-state index is 0.176. The topological polar surface area (TPSA) is 83.7 Å². The Kier molecular flexibility index (Phi) is 7.40. The molecule has 3 aromatic carbocycles. The summed E-state index contributed by atoms with van der Waals surface area (Å²) in [6.45, 7) is 2.30. The molecule has 4 aromatic rings. The number of carbonyl (C=O) groups is 1. The number of rotatable bonds is 9. The Morgan fingerprint density at radius 1 is 1.00 bits per heavy atom. The van der Waals surface area contributed by atoms with E-state index in [2.05, 4.69) is 4.98 Å². The summed E-state index contributed by atoms with van der Waals surface area (Å²) in [4.78, 5) is 17.5. The monoisotopic (exact) mass is 456 g/mol. The third-order valence-corrected chi connectivity index (χ3v) is 5.50. The highest BCUT2D eigenvalue weighted by Crippen LogP contribution is 2.30. The molecule has 1 atom stereocenters. The van der Waals surface area contributed by atoms with E-state index >= 15 is 0 Å². The maximum atomic E-state index is 13.2. The normalized spacial score (nSPS) is 11.7. The summed E-state index contributed by atoms with van der Waals surface area (Å²) < 4.78 is 17.0. The van der Waals surface area contributed by atoms with Gasteiger partial charge in [-0.15, -0.1) is 0 Å². The zero-order valence-electron chi connectivity index (χ0n) is 19.4. The Labute approximate surface area is 199 Å². The number of hydrogen-bond donors (Lipinski definition) is 1. The van der Waals surface area contributed by atoms with Gasteiger partial charge in [0.1, 0.15) is 30.3 Å². The van der Waals surface area contributed by atoms with Crippen LogP contribution in [-0.4, -0.2) is 30.7 Å². The van der Waals surface area contributed by atoms with Gasteiger partial charge in [0.05, 0.1) is 7.11 Å². The van der Waals surface area contributed by atoms with Crippen molar-refractivity contribution in [3.05, 3.63) is 101 Å². The van der Waals surface area contributed by atoms with Crippen LogP contribution in [0.5, 0.6) is 11.5 Å². The van der Waals surface area contributed by atoms with E-state index in [1.165, 1.54) is 0 Å². The number of esters is 1. The maximum absolute atomic E-state index is 13.2. The molecule has 0 spiro atoms. The number of carbonyl (C=O) groups excluding carboxylic acids is 1. The first-order valence-electron chi connectivity index (χ1n) is 11.1. The Hall–Kier alpha value is -3.90. The second-order valence-electron chi connectivity index (χ2n) is 8.17. The van der Waals surface area contributed by atoms with Gasteiger partial charge < -0.3 is 19.9 Å². The van der Waals surface area contributed by atoms with Crippen molar-refractivity contribution in [2.75, 3.05) is 13.7 Å². The summed E-state index contributed by atoms with van der Waals surface area (Å²) in [7, 11) is 1.64. The molecule has 4 rings (SSSR count). The third-order valence-electron chi connectivity index (χ3n) is 5.50. The number of aromatic nitrogens is 1. The van der Waals surface area contributed by atoms with E-state index in [1.54, 1.807) is 19.4 Å². The molecule has 0 unspecified atom stereocenters. The van der Waals surface area contributed by atoms with E-state index in [4.69, 9.17) is 19.9 Å². The number of fused-ring (bicyclic) bond motifs is 1. The summed E-state index contributed by atoms with van der Waals surface area (Å²) in [5.41, 5.74) is 9.50. The fraction of sp³-hybridized carbons (Fsp3) is 0.214. The number of pyridine rings is 1. The molecule has 6 nitrogen and oxygen atoms in total. The molecule has 174 valence electrons. The molecule has 1 aromatic heterocycles. The van der Waals surface area contributed by atoms with Crippen LogP contribution in [0.1, 0.15) is 27.2 Å². The number of methoxy groups -OCH3 is 1. The summed E-state index contributed by atoms with van der Waals surface area (Å²) in [6, 6.07) is 22.6. The molecule has 6 heteroatoms. The fourth-order valence-corrected chi connectivity index (χ4v) is 3.79. The second kappa shape index (κ2) is 10.8. The van der Waals surface area contributed by atoms with Gasteiger partial charge >= 0.3 is 5.97 Å². The van der Waals surface area contributed by atoms with Crippen molar-refractivity contribution in [3.63, 3.8) is 0 Å². The highest BCUT2D eigenvalue weighted by Gasteiger charge is 2.20. The molecule has 2 N–H and O–H groups in total. The molecule has 1 heterocycles. The van der Waals surface area contributed by atoms with Gasteiger partial charge in [0.15, 0.2) is 0 Å². The van der Waals surface area contributed by atoms with Gasteiger partial charge in [0.2, 0.25) is 0 Å². The molecule has 0 aliphatic heterocycles. The van der Waals surface area contributed by atoms with Crippen molar-refractivity contribution >= 4 is 16.7 Å². The van der Waals surface area contributed by atoms with Gasteiger partial charge in [-0.3, -0.25) is 4.98 Å². The number of nitrogens with two attached hydrogens (primary N) is 1. The fourth-order valence-electron chi connectivity index (χ4n) is 3.79. The van der Waals surface area contributed by atoms with Crippen molar-refractivity contribution in [2.45, 2.75) is 26.0 Å². The van der Waals surface area contributed by atoms with Crippen LogP contribution in [0.4, 0.5) is 0 Å². The van der Waals surface area contributed by atoms with Gasteiger partial charge in [0, 0.05) is 28.7 Å². The molecule has 0 radical (unpaired) electrons. The number of ether oxygens (including phenoxy) is 3. The molecule has 0 saturated carbocycles. The number of benzene rings is 3. The second-order valence-corrected chi connectivity index (χ2v) is 8.17. The highest BCUT2D eigenvalue weighted by molar-refractivity contribution is 6.07. The van der Waals surface area contributed by atoms with Crippen molar-refractivity contribution in [1.82, 2.24) is 4.98 Å². The lowest BCUT2D eigenvalue weighted by atomic mass is 10.0. The minimum atomic E-state index is -0.448. The lowest BCUT2D eigenvalue weighted by molar-refractivity contribution is 0.0470. The molecule has 0 aliphatic rings. The van der Waals surface area contributed by atoms with Gasteiger partial charge in [0.25, 0.3) is 0 Å². The van der Waals surface area contributed by atoms with E-state index in [0.29, 0.717) is 17.7 Å². The lowest BCUT2D eigenvalue weighted by Crippen LogP contribution is -2.30. The summed E-state index contributed by atoms with van der Waals surface area (Å²) >= 11 is 0. The summed E-state index contributed by atoms with van der Waals surface area (Å²) in [5, 5.41) is 1.58. The average molecular weight is 457 g/mol. The van der Waals surface area contributed by atoms with Crippen LogP contribution >= 0.6 is 0 Å². The highest BCUT2D eigenvalue weighted by atomic mass is 16.5. The first-order chi connectivity index (χ1) is 16.5. The third kappa shape index (κ3) is 5.71. The number of nitrogens with zero attached hydrogens (tertiary/aromatic N) is 1. The van der Waals surface area contributed by atoms with Gasteiger partial charge in [-0.2, -0.15) is 0 Å². The first-order valence-corrected chi connectivity index (χ1v) is 11.1. The molecule has 0 amide bonds. The maximum Gasteiger partial charge on any atom is 0.342 e. The van der Waals surface area contributed by atoms with Gasteiger partial charge in [-0.25, -0.2) is 4.79 Å². The van der Waals surface area contributed by atoms with Crippen LogP contribution in [0.25, 0.3) is 10.8 Å². The van der Waals surface area contributed by atoms with E-state index in [9.17, 15) is 4.79 Å². The van der Waals surface area contributed by atoms with Crippen molar-refractivity contribution in [2.24, 2.45) is 5.73 Å². The van der Waals surface area contributed by atoms with Gasteiger partial charge in [-0.05, 0) is 54.8 Å². The molecule has 34 heavy (non-hydrogen) atoms. The zero-order chi connectivity index (χ0) is 23.9. The molecular weight excluding hydrogens is 428 g/mol. The Morgan fingerprint density at radius 2 is 1.79 bits per heavy atom. The average Bonchev–Trinajstić information content (AvgIpc) is 2.86. The molecule has 0 fully saturated rings. The largest absolute Gasteiger partial charge is 0.497 e. The van der Waals surface area contributed by atoms with E-state index in [0.717, 1.165) is 33.3 Å². The van der Waals surface area contributed by atoms with Crippen LogP contribution in [0, 0.1) is 6.92 Å². The van der Waals surface area contributed by atoms with E-state index in [1.807, 2.05) is 73.7 Å². The predicted molar refractivity (Wildman–Crippen MR) is 132 cm³/mol. The number of aryl methyl sites for hydroxylation is 1. The van der Waals surface area contributed by atoms with Crippen LogP contribution in [-0.2, 0) is 17.8 Å². The molecular formula is C28H28N2O4. The summed E-state index contributed by atoms with van der Waals surface area (Å²) in [6.07, 6.45) is 2.36. The Balaban J connectivity index is 1.54. The standard InChI is InChI=1S/C28H28N2O4/c1-19-13-25-22(16-30-19)11-12-26(27(25)28(31)34-17-20-7-4-3-5-8-20)33-18-23(29)14-21-9-6-10-24(15-21)32-2/h3-13,15-16,23H,14,17-18,29H2,1-2H3/t23-/m1/s1. The van der Waals surface area contributed by atoms with E-state index in [-0.39, 0.29) is 19.3 Å². The Bertz CT molecular complexity index is 1270. The Morgan fingerprint density at radius 3 is 2.59 bits per heavy atom. The number of hydrogen-bond acceptors (Lipinski definition) is 6. The van der Waals surface area contributed by atoms with Crippen molar-refractivity contribution in [3.8, 4) is 11.5 Å². The van der Waals surface area contributed by atoms with Crippen molar-refractivity contribution in [1.29, 1.82) is 0 Å². The quantitative estimate of drug-likeness (QED) is 0.362. The van der Waals surface area contributed by atoms with Gasteiger partial charge in [-0.1, -0.05) is 42.5 Å². The SMILES string of the molecule is COc1cccc(C[C@@H](N)COc2ccc3cnc(C)cc3c2C(=O)OCc2ccccc2)c1. The van der Waals surface area contributed by atoms with Crippen LogP contribution in [0.3, 0.4) is 0 Å². The molecule has 0 saturated heterocycles. The van der Waals surface area contributed by atoms with Crippen LogP contribution in [0.2, 0.25) is 0 Å². The van der Waals surface area contributed by atoms with Crippen LogP contribution < -0.4 is 15.2 Å². The van der Waals surface area contributed by atoms with E-state index < -0.39 is 5.97 Å². The molecule has 0 bridgehead atoms. The minimum Gasteiger partial charge on any atom is -0.497 e. The van der Waals surface area contributed by atoms with Crippen molar-refractivity contribution < 1.29 is 19.0 Å². The lowest BCUT2D eigenvalue weighted by Gasteiger charge is -2.17. The zero-order valence-corrected chi connectivity index (χ0v) is 19.4. The molecule has 0 aliphatic carbocycles. The first kappa shape index (κ1) is 23.3. The smallest absolute Gasteiger partial charge is 0.342 e.